The summed E-state index contributed by atoms with van der Waals surface area (Å²) >= 11 is 0. The third-order valence-electron chi connectivity index (χ3n) is 3.91. The van der Waals surface area contributed by atoms with Gasteiger partial charge in [-0.3, -0.25) is 4.79 Å². The Hall–Kier alpha value is -1.31. The van der Waals surface area contributed by atoms with Crippen molar-refractivity contribution in [1.29, 1.82) is 0 Å². The number of amides is 1. The maximum Gasteiger partial charge on any atom is 0.226 e. The lowest BCUT2D eigenvalue weighted by Crippen LogP contribution is -2.40. The lowest BCUT2D eigenvalue weighted by Gasteiger charge is -2.29. The van der Waals surface area contributed by atoms with Crippen molar-refractivity contribution >= 4 is 5.91 Å². The number of hydrogen-bond donors (Lipinski definition) is 1. The average Bonchev–Trinajstić information content (AvgIpc) is 2.54. The van der Waals surface area contributed by atoms with E-state index >= 15 is 0 Å². The highest BCUT2D eigenvalue weighted by molar-refractivity contribution is 5.83. The fourth-order valence-electron chi connectivity index (χ4n) is 2.71. The molecular weight excluding hydrogens is 210 g/mol. The molecule has 1 saturated heterocycles. The number of carbonyl (C=O) groups is 1. The van der Waals surface area contributed by atoms with Gasteiger partial charge in [-0.2, -0.15) is 0 Å². The van der Waals surface area contributed by atoms with Crippen molar-refractivity contribution in [2.45, 2.75) is 39.0 Å². The first kappa shape index (κ1) is 12.2. The molecule has 0 unspecified atom stereocenters. The monoisotopic (exact) mass is 231 g/mol. The van der Waals surface area contributed by atoms with E-state index in [4.69, 9.17) is 0 Å². The maximum atomic E-state index is 12.3. The second-order valence-electron chi connectivity index (χ2n) is 5.01. The molecule has 1 N–H and O–H groups in total. The molecule has 2 rings (SSSR count). The number of benzene rings is 1. The van der Waals surface area contributed by atoms with E-state index in [1.807, 2.05) is 18.2 Å². The van der Waals surface area contributed by atoms with Crippen LogP contribution in [0.2, 0.25) is 0 Å². The molecule has 0 bridgehead atoms. The van der Waals surface area contributed by atoms with Gasteiger partial charge in [0.1, 0.15) is 0 Å². The third-order valence-corrected chi connectivity index (χ3v) is 3.91. The van der Waals surface area contributed by atoms with Crippen LogP contribution in [0.3, 0.4) is 0 Å². The van der Waals surface area contributed by atoms with Gasteiger partial charge < -0.3 is 5.32 Å². The van der Waals surface area contributed by atoms with Crippen LogP contribution in [0.5, 0.6) is 0 Å². The molecule has 1 atom stereocenters. The van der Waals surface area contributed by atoms with Gasteiger partial charge in [0.2, 0.25) is 5.91 Å². The van der Waals surface area contributed by atoms with Crippen molar-refractivity contribution in [1.82, 2.24) is 5.32 Å². The van der Waals surface area contributed by atoms with Gasteiger partial charge in [-0.05, 0) is 31.2 Å². The molecule has 1 aliphatic heterocycles. The first-order valence-electron chi connectivity index (χ1n) is 6.59. The Balaban J connectivity index is 2.20. The SMILES string of the molecule is CC[C@@]1(Cc2ccccc2)CCCCNC1=O. The van der Waals surface area contributed by atoms with Gasteiger partial charge in [0.05, 0.1) is 5.41 Å². The molecule has 1 aliphatic rings. The van der Waals surface area contributed by atoms with Crippen LogP contribution in [-0.2, 0) is 11.2 Å². The first-order valence-corrected chi connectivity index (χ1v) is 6.59. The second kappa shape index (κ2) is 5.35. The van der Waals surface area contributed by atoms with Gasteiger partial charge in [0.15, 0.2) is 0 Å². The number of rotatable bonds is 3. The number of nitrogens with one attached hydrogen (secondary N) is 1. The van der Waals surface area contributed by atoms with Gasteiger partial charge in [0, 0.05) is 6.54 Å². The minimum absolute atomic E-state index is 0.183. The van der Waals surface area contributed by atoms with Crippen LogP contribution in [0.25, 0.3) is 0 Å². The molecule has 0 saturated carbocycles. The van der Waals surface area contributed by atoms with Crippen LogP contribution >= 0.6 is 0 Å². The molecule has 0 radical (unpaired) electrons. The Labute approximate surface area is 103 Å². The molecule has 0 aromatic heterocycles. The zero-order valence-electron chi connectivity index (χ0n) is 10.5. The van der Waals surface area contributed by atoms with Gasteiger partial charge in [0.25, 0.3) is 0 Å². The van der Waals surface area contributed by atoms with Gasteiger partial charge in [-0.25, -0.2) is 0 Å². The quantitative estimate of drug-likeness (QED) is 0.851. The van der Waals surface area contributed by atoms with Gasteiger partial charge in [-0.1, -0.05) is 43.7 Å². The fourth-order valence-corrected chi connectivity index (χ4v) is 2.71. The Kier molecular flexibility index (Phi) is 3.82. The fraction of sp³-hybridized carbons (Fsp3) is 0.533. The molecule has 2 heteroatoms. The van der Waals surface area contributed by atoms with E-state index < -0.39 is 0 Å². The summed E-state index contributed by atoms with van der Waals surface area (Å²) in [6.45, 7) is 2.98. The van der Waals surface area contributed by atoms with Crippen molar-refractivity contribution < 1.29 is 4.79 Å². The van der Waals surface area contributed by atoms with E-state index in [1.54, 1.807) is 0 Å². The summed E-state index contributed by atoms with van der Waals surface area (Å²) in [7, 11) is 0. The third kappa shape index (κ3) is 2.68. The summed E-state index contributed by atoms with van der Waals surface area (Å²) < 4.78 is 0. The molecule has 1 amide bonds. The summed E-state index contributed by atoms with van der Waals surface area (Å²) in [5.74, 6) is 0.251. The molecule has 1 aromatic carbocycles. The highest BCUT2D eigenvalue weighted by Crippen LogP contribution is 2.34. The predicted octanol–water partition coefficient (Wildman–Crippen LogP) is 2.93. The van der Waals surface area contributed by atoms with Gasteiger partial charge >= 0.3 is 0 Å². The molecule has 17 heavy (non-hydrogen) atoms. The Morgan fingerprint density at radius 2 is 2.00 bits per heavy atom. The van der Waals surface area contributed by atoms with Crippen molar-refractivity contribution in [2.24, 2.45) is 5.41 Å². The maximum absolute atomic E-state index is 12.3. The first-order chi connectivity index (χ1) is 8.27. The highest BCUT2D eigenvalue weighted by atomic mass is 16.2. The van der Waals surface area contributed by atoms with E-state index in [0.717, 1.165) is 38.6 Å². The van der Waals surface area contributed by atoms with E-state index in [1.165, 1.54) is 5.56 Å². The normalized spacial score (nSPS) is 25.1. The number of carbonyl (C=O) groups excluding carboxylic acids is 1. The largest absolute Gasteiger partial charge is 0.356 e. The molecule has 1 aromatic rings. The van der Waals surface area contributed by atoms with Crippen molar-refractivity contribution in [3.05, 3.63) is 35.9 Å². The van der Waals surface area contributed by atoms with Crippen molar-refractivity contribution in [3.63, 3.8) is 0 Å². The summed E-state index contributed by atoms with van der Waals surface area (Å²) in [5.41, 5.74) is 1.09. The summed E-state index contributed by atoms with van der Waals surface area (Å²) in [6, 6.07) is 10.4. The van der Waals surface area contributed by atoms with Crippen LogP contribution in [0.4, 0.5) is 0 Å². The topological polar surface area (TPSA) is 29.1 Å². The lowest BCUT2D eigenvalue weighted by atomic mass is 9.75. The average molecular weight is 231 g/mol. The molecule has 0 spiro atoms. The van der Waals surface area contributed by atoms with Crippen LogP contribution < -0.4 is 5.32 Å². The molecule has 0 aliphatic carbocycles. The minimum atomic E-state index is -0.183. The van der Waals surface area contributed by atoms with Crippen molar-refractivity contribution in [3.8, 4) is 0 Å². The number of hydrogen-bond acceptors (Lipinski definition) is 1. The second-order valence-corrected chi connectivity index (χ2v) is 5.01. The van der Waals surface area contributed by atoms with E-state index in [0.29, 0.717) is 0 Å². The standard InChI is InChI=1S/C15H21NO/c1-2-15(10-6-7-11-16-14(15)17)12-13-8-4-3-5-9-13/h3-5,8-9H,2,6-7,10-12H2,1H3,(H,16,17)/t15-/m0/s1. The highest BCUT2D eigenvalue weighted by Gasteiger charge is 2.37. The minimum Gasteiger partial charge on any atom is -0.356 e. The zero-order valence-corrected chi connectivity index (χ0v) is 10.5. The molecule has 92 valence electrons. The van der Waals surface area contributed by atoms with Crippen LogP contribution in [0, 0.1) is 5.41 Å². The van der Waals surface area contributed by atoms with Crippen LogP contribution in [0.1, 0.15) is 38.2 Å². The smallest absolute Gasteiger partial charge is 0.226 e. The molecular formula is C15H21NO. The summed E-state index contributed by atoms with van der Waals surface area (Å²) in [5, 5.41) is 3.07. The van der Waals surface area contributed by atoms with E-state index in [9.17, 15) is 4.79 Å². The molecule has 2 nitrogen and oxygen atoms in total. The summed E-state index contributed by atoms with van der Waals surface area (Å²) in [4.78, 5) is 12.3. The van der Waals surface area contributed by atoms with E-state index in [-0.39, 0.29) is 11.3 Å². The molecule has 1 fully saturated rings. The van der Waals surface area contributed by atoms with Gasteiger partial charge in [-0.15, -0.1) is 0 Å². The predicted molar refractivity (Wildman–Crippen MR) is 69.7 cm³/mol. The van der Waals surface area contributed by atoms with E-state index in [2.05, 4.69) is 24.4 Å². The zero-order chi connectivity index (χ0) is 12.1. The Morgan fingerprint density at radius 1 is 1.24 bits per heavy atom. The van der Waals surface area contributed by atoms with Crippen LogP contribution in [-0.4, -0.2) is 12.5 Å². The Bertz CT molecular complexity index is 374. The Morgan fingerprint density at radius 3 is 2.71 bits per heavy atom. The van der Waals surface area contributed by atoms with Crippen LogP contribution in [0.15, 0.2) is 30.3 Å². The van der Waals surface area contributed by atoms with Crippen molar-refractivity contribution in [2.75, 3.05) is 6.54 Å². The summed E-state index contributed by atoms with van der Waals surface area (Å²) in [6.07, 6.45) is 5.08. The lowest BCUT2D eigenvalue weighted by molar-refractivity contribution is -0.131. The molecule has 1 heterocycles.